The fourth-order valence-electron chi connectivity index (χ4n) is 2.49. The van der Waals surface area contributed by atoms with Crippen molar-refractivity contribution in [2.75, 3.05) is 0 Å². The Bertz CT molecular complexity index is 679. The summed E-state index contributed by atoms with van der Waals surface area (Å²) >= 11 is 0. The summed E-state index contributed by atoms with van der Waals surface area (Å²) in [5.41, 5.74) is 9.48. The predicted molar refractivity (Wildman–Crippen MR) is 91.4 cm³/mol. The van der Waals surface area contributed by atoms with Gasteiger partial charge in [0.05, 0.1) is 0 Å². The van der Waals surface area contributed by atoms with Crippen LogP contribution in [0, 0.1) is 5.92 Å². The van der Waals surface area contributed by atoms with Crippen LogP contribution >= 0.6 is 0 Å². The zero-order valence-electron chi connectivity index (χ0n) is 14.4. The first kappa shape index (κ1) is 22.1. The topological polar surface area (TPSA) is 190 Å². The lowest BCUT2D eigenvalue weighted by atomic mass is 9.80. The van der Waals surface area contributed by atoms with E-state index in [1.165, 1.54) is 0 Å². The van der Waals surface area contributed by atoms with E-state index in [1.807, 2.05) is 0 Å². The van der Waals surface area contributed by atoms with Crippen LogP contribution in [0.25, 0.3) is 0 Å². The minimum atomic E-state index is -2.54. The highest BCUT2D eigenvalue weighted by molar-refractivity contribution is 6.01. The molecule has 0 aromatic heterocycles. The average Bonchev–Trinajstić information content (AvgIpc) is 2.59. The van der Waals surface area contributed by atoms with E-state index >= 15 is 0 Å². The molecule has 10 nitrogen and oxygen atoms in total. The smallest absolute Gasteiger partial charge is 0.325 e. The average molecular weight is 382 g/mol. The molecule has 148 valence electrons. The third-order valence-corrected chi connectivity index (χ3v) is 4.04. The second kappa shape index (κ2) is 9.64. The molecule has 1 aromatic carbocycles. The molecule has 0 saturated carbocycles. The van der Waals surface area contributed by atoms with E-state index < -0.39 is 47.8 Å². The minimum absolute atomic E-state index is 0.0173. The third kappa shape index (κ3) is 6.04. The Hall–Kier alpha value is -2.98. The first-order valence-corrected chi connectivity index (χ1v) is 8.03. The molecule has 1 aromatic rings. The molecule has 0 amide bonds. The summed E-state index contributed by atoms with van der Waals surface area (Å²) in [7, 11) is 0. The number of hydrogen-bond acceptors (Lipinski definition) is 7. The molecule has 1 rings (SSSR count). The molecule has 0 heterocycles. The lowest BCUT2D eigenvalue weighted by Crippen LogP contribution is -2.59. The number of rotatable bonds is 11. The number of aliphatic carboxylic acids is 3. The molecular weight excluding hydrogens is 360 g/mol. The highest BCUT2D eigenvalue weighted by atomic mass is 16.5. The van der Waals surface area contributed by atoms with Crippen LogP contribution in [0.5, 0.6) is 0 Å². The summed E-state index contributed by atoms with van der Waals surface area (Å²) in [5, 5.41) is 27.2. The molecule has 0 bridgehead atoms. The van der Waals surface area contributed by atoms with E-state index in [2.05, 4.69) is 0 Å². The van der Waals surface area contributed by atoms with Crippen LogP contribution in [0.15, 0.2) is 30.3 Å². The van der Waals surface area contributed by atoms with Crippen LogP contribution in [0.2, 0.25) is 0 Å². The van der Waals surface area contributed by atoms with Gasteiger partial charge in [-0.15, -0.1) is 0 Å². The van der Waals surface area contributed by atoms with Crippen molar-refractivity contribution >= 4 is 23.9 Å². The van der Waals surface area contributed by atoms with E-state index in [0.29, 0.717) is 0 Å². The van der Waals surface area contributed by atoms with Gasteiger partial charge in [-0.25, -0.2) is 0 Å². The number of esters is 1. The van der Waals surface area contributed by atoms with Gasteiger partial charge >= 0.3 is 23.9 Å². The molecule has 0 fully saturated rings. The number of ether oxygens (including phenoxy) is 1. The largest absolute Gasteiger partial charge is 0.481 e. The maximum absolute atomic E-state index is 11.9. The first-order chi connectivity index (χ1) is 12.6. The molecule has 27 heavy (non-hydrogen) atoms. The van der Waals surface area contributed by atoms with Crippen molar-refractivity contribution in [3.8, 4) is 0 Å². The monoisotopic (exact) mass is 382 g/mol. The lowest BCUT2D eigenvalue weighted by Gasteiger charge is -2.28. The zero-order chi connectivity index (χ0) is 20.6. The Labute approximate surface area is 154 Å². The van der Waals surface area contributed by atoms with Crippen LogP contribution in [-0.4, -0.2) is 50.8 Å². The summed E-state index contributed by atoms with van der Waals surface area (Å²) in [6.45, 7) is 0.0173. The Morgan fingerprint density at radius 1 is 1.04 bits per heavy atom. The summed E-state index contributed by atoms with van der Waals surface area (Å²) in [5.74, 6) is -8.54. The molecule has 10 heteroatoms. The maximum Gasteiger partial charge on any atom is 0.325 e. The molecule has 0 spiro atoms. The Morgan fingerprint density at radius 2 is 1.59 bits per heavy atom. The zero-order valence-corrected chi connectivity index (χ0v) is 14.4. The van der Waals surface area contributed by atoms with Crippen LogP contribution in [0.1, 0.15) is 24.8 Å². The van der Waals surface area contributed by atoms with Crippen molar-refractivity contribution in [2.24, 2.45) is 17.4 Å². The number of benzene rings is 1. The second-order valence-electron chi connectivity index (χ2n) is 6.05. The summed E-state index contributed by atoms with van der Waals surface area (Å²) in [6, 6.07) is 7.78. The highest BCUT2D eigenvalue weighted by Crippen LogP contribution is 2.23. The minimum Gasteiger partial charge on any atom is -0.481 e. The number of carbonyl (C=O) groups excluding carboxylic acids is 1. The van der Waals surface area contributed by atoms with Gasteiger partial charge in [0.1, 0.15) is 18.2 Å². The molecule has 2 atom stereocenters. The van der Waals surface area contributed by atoms with Crippen LogP contribution in [0.4, 0.5) is 0 Å². The number of nitrogens with two attached hydrogens (primary N) is 2. The molecule has 0 aliphatic rings. The Balaban J connectivity index is 2.61. The molecule has 0 aliphatic heterocycles. The van der Waals surface area contributed by atoms with E-state index in [1.54, 1.807) is 30.3 Å². The molecule has 1 unspecified atom stereocenters. The van der Waals surface area contributed by atoms with Gasteiger partial charge in [0, 0.05) is 0 Å². The lowest BCUT2D eigenvalue weighted by molar-refractivity contribution is -0.166. The Morgan fingerprint density at radius 3 is 2.07 bits per heavy atom. The van der Waals surface area contributed by atoms with Crippen molar-refractivity contribution < 1.29 is 39.2 Å². The van der Waals surface area contributed by atoms with E-state index in [-0.39, 0.29) is 19.4 Å². The van der Waals surface area contributed by atoms with Crippen molar-refractivity contribution in [2.45, 2.75) is 37.5 Å². The molecule has 0 aliphatic carbocycles. The van der Waals surface area contributed by atoms with Crippen molar-refractivity contribution in [3.63, 3.8) is 0 Å². The standard InChI is InChI=1S/C17H22N2O8/c18-11(15(24)27-9-10-5-2-1-3-6-10)7-4-8-17(19,16(25)26)12(13(20)21)14(22)23/h1-3,5-6,11-12H,4,7-9,18-19H2,(H,20,21)(H,22,23)(H,25,26)/t11?,17-/m1/s1. The molecular formula is C17H22N2O8. The van der Waals surface area contributed by atoms with Gasteiger partial charge in [-0.2, -0.15) is 0 Å². The SMILES string of the molecule is NC(CCC[C@](N)(C(=O)O)C(C(=O)O)C(=O)O)C(=O)OCc1ccccc1. The van der Waals surface area contributed by atoms with Gasteiger partial charge in [-0.05, 0) is 24.8 Å². The quantitative estimate of drug-likeness (QED) is 0.253. The second-order valence-corrected chi connectivity index (χ2v) is 6.05. The van der Waals surface area contributed by atoms with Crippen LogP contribution < -0.4 is 11.5 Å². The molecule has 7 N–H and O–H groups in total. The fraction of sp³-hybridized carbons (Fsp3) is 0.412. The predicted octanol–water partition coefficient (Wildman–Crippen LogP) is -0.205. The highest BCUT2D eigenvalue weighted by Gasteiger charge is 2.50. The summed E-state index contributed by atoms with van der Waals surface area (Å²) < 4.78 is 5.04. The van der Waals surface area contributed by atoms with Crippen molar-refractivity contribution in [1.29, 1.82) is 0 Å². The number of carboxylic acid groups (broad SMARTS) is 3. The molecule has 0 saturated heterocycles. The van der Waals surface area contributed by atoms with E-state index in [9.17, 15) is 24.3 Å². The van der Waals surface area contributed by atoms with Crippen LogP contribution in [0.3, 0.4) is 0 Å². The van der Waals surface area contributed by atoms with E-state index in [4.69, 9.17) is 26.4 Å². The molecule has 0 radical (unpaired) electrons. The first-order valence-electron chi connectivity index (χ1n) is 8.03. The maximum atomic E-state index is 11.9. The Kier molecular flexibility index (Phi) is 7.88. The van der Waals surface area contributed by atoms with Crippen LogP contribution in [-0.2, 0) is 30.5 Å². The fourth-order valence-corrected chi connectivity index (χ4v) is 2.49. The van der Waals surface area contributed by atoms with Crippen molar-refractivity contribution in [3.05, 3.63) is 35.9 Å². The van der Waals surface area contributed by atoms with Gasteiger partial charge < -0.3 is 31.5 Å². The van der Waals surface area contributed by atoms with Crippen molar-refractivity contribution in [1.82, 2.24) is 0 Å². The van der Waals surface area contributed by atoms with Gasteiger partial charge in [0.25, 0.3) is 0 Å². The number of carbonyl (C=O) groups is 4. The van der Waals surface area contributed by atoms with Gasteiger partial charge in [-0.1, -0.05) is 30.3 Å². The number of hydrogen-bond donors (Lipinski definition) is 5. The summed E-state index contributed by atoms with van der Waals surface area (Å²) in [6.07, 6.45) is -0.626. The van der Waals surface area contributed by atoms with Gasteiger partial charge in [0.15, 0.2) is 5.92 Å². The summed E-state index contributed by atoms with van der Waals surface area (Å²) in [4.78, 5) is 45.4. The van der Waals surface area contributed by atoms with Gasteiger partial charge in [0.2, 0.25) is 0 Å². The van der Waals surface area contributed by atoms with E-state index in [0.717, 1.165) is 5.56 Å². The van der Waals surface area contributed by atoms with Gasteiger partial charge in [-0.3, -0.25) is 19.2 Å². The number of carboxylic acids is 3. The normalized spacial score (nSPS) is 14.2. The third-order valence-electron chi connectivity index (χ3n) is 4.04.